The van der Waals surface area contributed by atoms with Gasteiger partial charge >= 0.3 is 0 Å². The van der Waals surface area contributed by atoms with Gasteiger partial charge in [-0.25, -0.2) is 13.1 Å². The van der Waals surface area contributed by atoms with Crippen LogP contribution in [0.2, 0.25) is 0 Å². The zero-order chi connectivity index (χ0) is 23.1. The fraction of sp³-hybridized carbons (Fsp3) is 0.130. The van der Waals surface area contributed by atoms with E-state index in [9.17, 15) is 18.0 Å². The Morgan fingerprint density at radius 2 is 1.62 bits per heavy atom. The Morgan fingerprint density at radius 1 is 0.938 bits per heavy atom. The molecule has 0 fully saturated rings. The number of nitrogens with one attached hydrogen (secondary N) is 2. The molecular weight excluding hydrogens is 430 g/mol. The summed E-state index contributed by atoms with van der Waals surface area (Å²) in [5.41, 5.74) is 7.33. The summed E-state index contributed by atoms with van der Waals surface area (Å²) >= 11 is 0. The molecule has 3 aromatic carbocycles. The van der Waals surface area contributed by atoms with Crippen molar-refractivity contribution >= 4 is 27.5 Å². The molecule has 0 spiro atoms. The molecule has 3 rings (SSSR count). The molecule has 0 aliphatic carbocycles. The number of ether oxygens (including phenoxy) is 1. The van der Waals surface area contributed by atoms with E-state index >= 15 is 0 Å². The van der Waals surface area contributed by atoms with Crippen LogP contribution >= 0.6 is 0 Å². The Labute approximate surface area is 186 Å². The van der Waals surface area contributed by atoms with Crippen LogP contribution in [0.4, 0.5) is 5.69 Å². The van der Waals surface area contributed by atoms with Gasteiger partial charge in [-0.2, -0.15) is 0 Å². The fourth-order valence-corrected chi connectivity index (χ4v) is 4.20. The first-order chi connectivity index (χ1) is 15.3. The lowest BCUT2D eigenvalue weighted by molar-refractivity contribution is -0.117. The molecule has 2 amide bonds. The van der Waals surface area contributed by atoms with Crippen molar-refractivity contribution in [2.24, 2.45) is 5.73 Å². The largest absolute Gasteiger partial charge is 0.495 e. The first-order valence-corrected chi connectivity index (χ1v) is 11.2. The minimum Gasteiger partial charge on any atom is -0.495 e. The molecule has 8 nitrogen and oxygen atoms in total. The smallest absolute Gasteiger partial charge is 0.255 e. The number of benzene rings is 3. The highest BCUT2D eigenvalue weighted by Gasteiger charge is 2.21. The van der Waals surface area contributed by atoms with E-state index in [2.05, 4.69) is 10.0 Å². The Bertz CT molecular complexity index is 1210. The predicted molar refractivity (Wildman–Crippen MR) is 121 cm³/mol. The Kier molecular flexibility index (Phi) is 7.24. The molecule has 0 aliphatic rings. The van der Waals surface area contributed by atoms with Crippen molar-refractivity contribution in [3.05, 3.63) is 89.5 Å². The Morgan fingerprint density at radius 3 is 2.25 bits per heavy atom. The first kappa shape index (κ1) is 23.0. The molecule has 0 saturated heterocycles. The molecule has 0 radical (unpaired) electrons. The predicted octanol–water partition coefficient (Wildman–Crippen LogP) is 2.45. The Hall–Kier alpha value is -3.69. The van der Waals surface area contributed by atoms with Gasteiger partial charge in [-0.3, -0.25) is 9.59 Å². The van der Waals surface area contributed by atoms with Gasteiger partial charge in [-0.05, 0) is 41.5 Å². The van der Waals surface area contributed by atoms with Crippen LogP contribution in [0.5, 0.6) is 5.75 Å². The lowest BCUT2D eigenvalue weighted by atomic mass is 10.1. The van der Waals surface area contributed by atoms with Crippen molar-refractivity contribution in [3.63, 3.8) is 0 Å². The lowest BCUT2D eigenvalue weighted by Crippen LogP contribution is -2.24. The number of hydrogen-bond donors (Lipinski definition) is 3. The third-order valence-electron chi connectivity index (χ3n) is 4.61. The fourth-order valence-electron chi connectivity index (χ4n) is 2.99. The molecule has 9 heteroatoms. The molecule has 0 heterocycles. The number of carbonyl (C=O) groups excluding carboxylic acids is 2. The second-order valence-corrected chi connectivity index (χ2v) is 8.71. The standard InChI is InChI=1S/C23H23N3O5S/c1-31-20-12-9-18(23(28)26-19-10-7-16(8-11-19)13-22(24)27)14-21(20)32(29,30)25-15-17-5-3-2-4-6-17/h2-12,14,25H,13,15H2,1H3,(H2,24,27)(H,26,28). The first-order valence-electron chi connectivity index (χ1n) is 9.69. The third-order valence-corrected chi connectivity index (χ3v) is 6.04. The van der Waals surface area contributed by atoms with Crippen LogP contribution in [-0.2, 0) is 27.8 Å². The maximum atomic E-state index is 12.9. The maximum Gasteiger partial charge on any atom is 0.255 e. The van der Waals surface area contributed by atoms with E-state index in [1.165, 1.54) is 25.3 Å². The molecule has 0 aliphatic heterocycles. The molecule has 166 valence electrons. The summed E-state index contributed by atoms with van der Waals surface area (Å²) in [6.45, 7) is 0.0976. The second-order valence-electron chi connectivity index (χ2n) is 6.97. The van der Waals surface area contributed by atoms with Gasteiger partial charge in [0.2, 0.25) is 15.9 Å². The molecule has 3 aromatic rings. The van der Waals surface area contributed by atoms with Crippen LogP contribution in [0, 0.1) is 0 Å². The van der Waals surface area contributed by atoms with Gasteiger partial charge in [0.25, 0.3) is 5.91 Å². The summed E-state index contributed by atoms with van der Waals surface area (Å²) < 4.78 is 33.5. The van der Waals surface area contributed by atoms with Crippen molar-refractivity contribution < 1.29 is 22.7 Å². The van der Waals surface area contributed by atoms with Crippen LogP contribution in [-0.4, -0.2) is 27.3 Å². The molecule has 0 atom stereocenters. The van der Waals surface area contributed by atoms with Crippen molar-refractivity contribution in [3.8, 4) is 5.75 Å². The highest BCUT2D eigenvalue weighted by atomic mass is 32.2. The number of hydrogen-bond acceptors (Lipinski definition) is 5. The van der Waals surface area contributed by atoms with E-state index in [4.69, 9.17) is 10.5 Å². The highest BCUT2D eigenvalue weighted by Crippen LogP contribution is 2.25. The van der Waals surface area contributed by atoms with Gasteiger partial charge in [-0.15, -0.1) is 0 Å². The van der Waals surface area contributed by atoms with Gasteiger partial charge < -0.3 is 15.8 Å². The number of nitrogens with two attached hydrogens (primary N) is 1. The number of methoxy groups -OCH3 is 1. The van der Waals surface area contributed by atoms with Gasteiger partial charge in [0.05, 0.1) is 13.5 Å². The summed E-state index contributed by atoms with van der Waals surface area (Å²) in [6, 6.07) is 19.9. The lowest BCUT2D eigenvalue weighted by Gasteiger charge is -2.13. The van der Waals surface area contributed by atoms with Crippen LogP contribution < -0.4 is 20.5 Å². The number of anilines is 1. The monoisotopic (exact) mass is 453 g/mol. The molecule has 32 heavy (non-hydrogen) atoms. The third kappa shape index (κ3) is 5.93. The summed E-state index contributed by atoms with van der Waals surface area (Å²) in [5, 5.41) is 2.70. The van der Waals surface area contributed by atoms with Gasteiger partial charge in [0.15, 0.2) is 0 Å². The van der Waals surface area contributed by atoms with E-state index in [0.29, 0.717) is 5.69 Å². The molecule has 0 unspecified atom stereocenters. The van der Waals surface area contributed by atoms with E-state index < -0.39 is 21.8 Å². The topological polar surface area (TPSA) is 128 Å². The molecular formula is C23H23N3O5S. The average Bonchev–Trinajstić information content (AvgIpc) is 2.79. The molecule has 4 N–H and O–H groups in total. The van der Waals surface area contributed by atoms with Gasteiger partial charge in [0.1, 0.15) is 10.6 Å². The minimum atomic E-state index is -3.95. The van der Waals surface area contributed by atoms with E-state index in [1.54, 1.807) is 36.4 Å². The summed E-state index contributed by atoms with van der Waals surface area (Å²) in [4.78, 5) is 23.6. The average molecular weight is 454 g/mol. The van der Waals surface area contributed by atoms with Crippen LogP contribution in [0.25, 0.3) is 0 Å². The Balaban J connectivity index is 1.78. The summed E-state index contributed by atoms with van der Waals surface area (Å²) in [5.74, 6) is -0.817. The quantitative estimate of drug-likeness (QED) is 0.459. The van der Waals surface area contributed by atoms with E-state index in [1.807, 2.05) is 18.2 Å². The normalized spacial score (nSPS) is 11.0. The van der Waals surface area contributed by atoms with Crippen molar-refractivity contribution in [1.82, 2.24) is 4.72 Å². The number of primary amides is 1. The number of sulfonamides is 1. The molecule has 0 aromatic heterocycles. The van der Waals surface area contributed by atoms with Crippen LogP contribution in [0.15, 0.2) is 77.7 Å². The van der Waals surface area contributed by atoms with Crippen LogP contribution in [0.3, 0.4) is 0 Å². The molecule has 0 saturated carbocycles. The van der Waals surface area contributed by atoms with Gasteiger partial charge in [-0.1, -0.05) is 42.5 Å². The van der Waals surface area contributed by atoms with Crippen molar-refractivity contribution in [1.29, 1.82) is 0 Å². The number of carbonyl (C=O) groups is 2. The van der Waals surface area contributed by atoms with E-state index in [0.717, 1.165) is 11.1 Å². The highest BCUT2D eigenvalue weighted by molar-refractivity contribution is 7.89. The number of amides is 2. The summed E-state index contributed by atoms with van der Waals surface area (Å²) in [7, 11) is -2.59. The minimum absolute atomic E-state index is 0.0976. The van der Waals surface area contributed by atoms with E-state index in [-0.39, 0.29) is 29.2 Å². The van der Waals surface area contributed by atoms with Gasteiger partial charge in [0, 0.05) is 17.8 Å². The zero-order valence-corrected chi connectivity index (χ0v) is 18.2. The number of rotatable bonds is 9. The van der Waals surface area contributed by atoms with Crippen LogP contribution in [0.1, 0.15) is 21.5 Å². The maximum absolute atomic E-state index is 12.9. The molecule has 0 bridgehead atoms. The summed E-state index contributed by atoms with van der Waals surface area (Å²) in [6.07, 6.45) is 0.101. The van der Waals surface area contributed by atoms with Crippen molar-refractivity contribution in [2.45, 2.75) is 17.9 Å². The zero-order valence-electron chi connectivity index (χ0n) is 17.4. The SMILES string of the molecule is COc1ccc(C(=O)Nc2ccc(CC(N)=O)cc2)cc1S(=O)(=O)NCc1ccccc1. The second kappa shape index (κ2) is 10.1. The van der Waals surface area contributed by atoms with Crippen molar-refractivity contribution in [2.75, 3.05) is 12.4 Å².